The minimum atomic E-state index is -4.40. The molecule has 2 heterocycles. The summed E-state index contributed by atoms with van der Waals surface area (Å²) in [6.07, 6.45) is -4.40. The van der Waals surface area contributed by atoms with Crippen LogP contribution in [0.2, 0.25) is 0 Å². The average molecular weight is 362 g/mol. The van der Waals surface area contributed by atoms with E-state index in [1.807, 2.05) is 0 Å². The van der Waals surface area contributed by atoms with Gasteiger partial charge in [0.1, 0.15) is 0 Å². The monoisotopic (exact) mass is 362 g/mol. The van der Waals surface area contributed by atoms with E-state index in [2.05, 4.69) is 15.5 Å². The largest absolute Gasteiger partial charge is 0.416 e. The SMILES string of the molecule is Cc1nnc(NC(C)c2cccc(C(F)(F)F)c2)c2ccc(=O)n(C)c12. The molecule has 0 amide bonds. The Kier molecular flexibility index (Phi) is 4.43. The van der Waals surface area contributed by atoms with E-state index >= 15 is 0 Å². The van der Waals surface area contributed by atoms with Gasteiger partial charge in [0, 0.05) is 18.5 Å². The molecular weight excluding hydrogens is 345 g/mol. The number of anilines is 1. The van der Waals surface area contributed by atoms with E-state index in [9.17, 15) is 18.0 Å². The van der Waals surface area contributed by atoms with Crippen molar-refractivity contribution in [2.75, 3.05) is 5.32 Å². The zero-order valence-electron chi connectivity index (χ0n) is 14.4. The number of pyridine rings is 1. The number of hydrogen-bond donors (Lipinski definition) is 1. The summed E-state index contributed by atoms with van der Waals surface area (Å²) in [5, 5.41) is 12.0. The molecule has 0 fully saturated rings. The summed E-state index contributed by atoms with van der Waals surface area (Å²) >= 11 is 0. The molecule has 26 heavy (non-hydrogen) atoms. The third kappa shape index (κ3) is 3.26. The molecule has 1 aromatic carbocycles. The molecule has 0 bridgehead atoms. The zero-order valence-corrected chi connectivity index (χ0v) is 14.4. The van der Waals surface area contributed by atoms with Gasteiger partial charge in [-0.2, -0.15) is 18.3 Å². The molecule has 8 heteroatoms. The summed E-state index contributed by atoms with van der Waals surface area (Å²) in [5.74, 6) is 0.408. The van der Waals surface area contributed by atoms with Crippen LogP contribution in [0.25, 0.3) is 10.9 Å². The third-order valence-corrected chi connectivity index (χ3v) is 4.28. The molecule has 0 aliphatic heterocycles. The number of hydrogen-bond acceptors (Lipinski definition) is 4. The Balaban J connectivity index is 2.01. The fourth-order valence-corrected chi connectivity index (χ4v) is 2.87. The number of aromatic nitrogens is 3. The van der Waals surface area contributed by atoms with Gasteiger partial charge in [0.05, 0.1) is 22.8 Å². The number of benzene rings is 1. The summed E-state index contributed by atoms with van der Waals surface area (Å²) in [5.41, 5.74) is 0.820. The van der Waals surface area contributed by atoms with Crippen molar-refractivity contribution < 1.29 is 13.2 Å². The summed E-state index contributed by atoms with van der Waals surface area (Å²) in [7, 11) is 1.64. The maximum Gasteiger partial charge on any atom is 0.416 e. The van der Waals surface area contributed by atoms with Gasteiger partial charge in [-0.05, 0) is 37.6 Å². The minimum Gasteiger partial charge on any atom is -0.361 e. The second-order valence-corrected chi connectivity index (χ2v) is 6.12. The molecule has 136 valence electrons. The molecule has 0 spiro atoms. The van der Waals surface area contributed by atoms with Gasteiger partial charge in [-0.25, -0.2) is 0 Å². The van der Waals surface area contributed by atoms with E-state index in [1.54, 1.807) is 33.0 Å². The highest BCUT2D eigenvalue weighted by atomic mass is 19.4. The standard InChI is InChI=1S/C18H17F3N4O/c1-10(12-5-4-6-13(9-12)18(19,20)21)22-17-14-7-8-15(26)25(3)16(14)11(2)23-24-17/h4-10H,1-3H3,(H,22,24). The van der Waals surface area contributed by atoms with Gasteiger partial charge in [-0.3, -0.25) is 4.79 Å². The molecule has 2 aromatic heterocycles. The Morgan fingerprint density at radius 2 is 1.88 bits per heavy atom. The molecule has 0 aliphatic carbocycles. The number of halogens is 3. The van der Waals surface area contributed by atoms with E-state index in [0.717, 1.165) is 12.1 Å². The summed E-state index contributed by atoms with van der Waals surface area (Å²) < 4.78 is 40.2. The van der Waals surface area contributed by atoms with E-state index < -0.39 is 17.8 Å². The van der Waals surface area contributed by atoms with Crippen LogP contribution in [-0.2, 0) is 13.2 Å². The van der Waals surface area contributed by atoms with Gasteiger partial charge in [0.15, 0.2) is 5.82 Å². The van der Waals surface area contributed by atoms with Gasteiger partial charge >= 0.3 is 6.18 Å². The Morgan fingerprint density at radius 3 is 2.58 bits per heavy atom. The molecule has 5 nitrogen and oxygen atoms in total. The van der Waals surface area contributed by atoms with E-state index in [1.165, 1.54) is 16.7 Å². The van der Waals surface area contributed by atoms with Crippen LogP contribution in [0.4, 0.5) is 19.0 Å². The number of rotatable bonds is 3. The quantitative estimate of drug-likeness (QED) is 0.769. The molecule has 3 aromatic rings. The second-order valence-electron chi connectivity index (χ2n) is 6.12. The second kappa shape index (κ2) is 6.44. The van der Waals surface area contributed by atoms with E-state index in [-0.39, 0.29) is 5.56 Å². The first-order chi connectivity index (χ1) is 12.2. The zero-order chi connectivity index (χ0) is 19.1. The Labute approximate surface area is 147 Å². The van der Waals surface area contributed by atoms with Crippen LogP contribution in [0.5, 0.6) is 0 Å². The molecule has 0 saturated carbocycles. The first-order valence-corrected chi connectivity index (χ1v) is 7.95. The lowest BCUT2D eigenvalue weighted by Gasteiger charge is -2.18. The lowest BCUT2D eigenvalue weighted by molar-refractivity contribution is -0.137. The van der Waals surface area contributed by atoms with Crippen LogP contribution >= 0.6 is 0 Å². The van der Waals surface area contributed by atoms with Crippen LogP contribution in [0.15, 0.2) is 41.2 Å². The van der Waals surface area contributed by atoms with Crippen LogP contribution in [0, 0.1) is 6.92 Å². The molecule has 0 aliphatic rings. The first-order valence-electron chi connectivity index (χ1n) is 7.95. The highest BCUT2D eigenvalue weighted by Gasteiger charge is 2.30. The molecule has 1 N–H and O–H groups in total. The highest BCUT2D eigenvalue weighted by molar-refractivity contribution is 5.90. The lowest BCUT2D eigenvalue weighted by Crippen LogP contribution is -2.18. The van der Waals surface area contributed by atoms with Gasteiger partial charge in [-0.1, -0.05) is 12.1 Å². The molecule has 3 rings (SSSR count). The van der Waals surface area contributed by atoms with Crippen molar-refractivity contribution >= 4 is 16.7 Å². The third-order valence-electron chi connectivity index (χ3n) is 4.28. The first kappa shape index (κ1) is 17.9. The van der Waals surface area contributed by atoms with Gasteiger partial charge < -0.3 is 9.88 Å². The van der Waals surface area contributed by atoms with Crippen LogP contribution < -0.4 is 10.9 Å². The normalized spacial score (nSPS) is 13.0. The van der Waals surface area contributed by atoms with Crippen molar-refractivity contribution in [1.82, 2.24) is 14.8 Å². The maximum atomic E-state index is 12.9. The fraction of sp³-hybridized carbons (Fsp3) is 0.278. The van der Waals surface area contributed by atoms with Gasteiger partial charge in [0.2, 0.25) is 0 Å². The Bertz CT molecular complexity index is 1030. The molecule has 1 atom stereocenters. The van der Waals surface area contributed by atoms with E-state index in [0.29, 0.717) is 28.0 Å². The lowest BCUT2D eigenvalue weighted by atomic mass is 10.0. The summed E-state index contributed by atoms with van der Waals surface area (Å²) in [4.78, 5) is 11.9. The average Bonchev–Trinajstić information content (AvgIpc) is 2.59. The molecule has 0 saturated heterocycles. The predicted octanol–water partition coefficient (Wildman–Crippen LogP) is 3.83. The van der Waals surface area contributed by atoms with Gasteiger partial charge in [0.25, 0.3) is 5.56 Å². The van der Waals surface area contributed by atoms with Crippen molar-refractivity contribution in [3.63, 3.8) is 0 Å². The highest BCUT2D eigenvalue weighted by Crippen LogP contribution is 2.32. The fourth-order valence-electron chi connectivity index (χ4n) is 2.87. The minimum absolute atomic E-state index is 0.175. The molecular formula is C18H17F3N4O. The molecule has 1 unspecified atom stereocenters. The van der Waals surface area contributed by atoms with Crippen molar-refractivity contribution in [2.24, 2.45) is 7.05 Å². The number of aryl methyl sites for hydroxylation is 2. The molecule has 0 radical (unpaired) electrons. The van der Waals surface area contributed by atoms with Crippen LogP contribution in [0.1, 0.15) is 29.8 Å². The number of nitrogens with zero attached hydrogens (tertiary/aromatic N) is 3. The number of alkyl halides is 3. The van der Waals surface area contributed by atoms with E-state index in [4.69, 9.17) is 0 Å². The number of nitrogens with one attached hydrogen (secondary N) is 1. The van der Waals surface area contributed by atoms with Crippen molar-refractivity contribution in [2.45, 2.75) is 26.1 Å². The smallest absolute Gasteiger partial charge is 0.361 e. The Morgan fingerprint density at radius 1 is 1.15 bits per heavy atom. The maximum absolute atomic E-state index is 12.9. The van der Waals surface area contributed by atoms with Crippen LogP contribution in [0.3, 0.4) is 0 Å². The van der Waals surface area contributed by atoms with Gasteiger partial charge in [-0.15, -0.1) is 5.10 Å². The van der Waals surface area contributed by atoms with Crippen molar-refractivity contribution in [1.29, 1.82) is 0 Å². The van der Waals surface area contributed by atoms with Crippen LogP contribution in [-0.4, -0.2) is 14.8 Å². The Hall–Kier alpha value is -2.90. The summed E-state index contributed by atoms with van der Waals surface area (Å²) in [6.45, 7) is 3.49. The summed E-state index contributed by atoms with van der Waals surface area (Å²) in [6, 6.07) is 7.76. The van der Waals surface area contributed by atoms with Crippen molar-refractivity contribution in [3.05, 3.63) is 63.6 Å². The number of fused-ring (bicyclic) bond motifs is 1. The topological polar surface area (TPSA) is 59.8 Å². The predicted molar refractivity (Wildman–Crippen MR) is 93.0 cm³/mol. The van der Waals surface area contributed by atoms with Crippen molar-refractivity contribution in [3.8, 4) is 0 Å².